The fraction of sp³-hybridized carbons (Fsp3) is 0.250. The zero-order valence-electron chi connectivity index (χ0n) is 20.4. The quantitative estimate of drug-likeness (QED) is 0.150. The minimum Gasteiger partial charge on any atom is -0.398 e. The number of benzene rings is 3. The van der Waals surface area contributed by atoms with E-state index in [1.807, 2.05) is 35.9 Å². The SMILES string of the molecule is Cc1ccc(Sc2ccc3c(/C=C/c4ccccc4)nn(COCC[Si](C)(C)C)c3c2)cc1N. The predicted octanol–water partition coefficient (Wildman–Crippen LogP) is 7.56. The van der Waals surface area contributed by atoms with E-state index >= 15 is 0 Å². The van der Waals surface area contributed by atoms with Gasteiger partial charge in [0.25, 0.3) is 0 Å². The van der Waals surface area contributed by atoms with Gasteiger partial charge in [0.05, 0.1) is 11.2 Å². The zero-order chi connectivity index (χ0) is 24.1. The van der Waals surface area contributed by atoms with Crippen LogP contribution in [0.2, 0.25) is 25.7 Å². The number of aromatic nitrogens is 2. The Labute approximate surface area is 207 Å². The molecule has 0 aliphatic heterocycles. The van der Waals surface area contributed by atoms with Crippen molar-refractivity contribution in [3.63, 3.8) is 0 Å². The number of nitrogens with zero attached hydrogens (tertiary/aromatic N) is 2. The standard InChI is InChI=1S/C28H33N3OSSi/c1-21-10-12-23(18-26(21)29)33-24-13-14-25-27(15-11-22-8-6-5-7-9-22)30-31(28(25)19-24)20-32-16-17-34(2,3)4/h5-15,18-19H,16-17,20,29H2,1-4H3/b15-11+. The summed E-state index contributed by atoms with van der Waals surface area (Å²) in [6.07, 6.45) is 4.19. The Morgan fingerprint density at radius 3 is 2.44 bits per heavy atom. The van der Waals surface area contributed by atoms with Crippen LogP contribution in [0.1, 0.15) is 16.8 Å². The van der Waals surface area contributed by atoms with E-state index in [-0.39, 0.29) is 0 Å². The van der Waals surface area contributed by atoms with E-state index in [9.17, 15) is 0 Å². The highest BCUT2D eigenvalue weighted by Gasteiger charge is 2.14. The van der Waals surface area contributed by atoms with Crippen LogP contribution in [0.25, 0.3) is 23.1 Å². The minimum atomic E-state index is -1.13. The van der Waals surface area contributed by atoms with Crippen molar-refractivity contribution in [2.75, 3.05) is 12.3 Å². The number of hydrogen-bond donors (Lipinski definition) is 1. The summed E-state index contributed by atoms with van der Waals surface area (Å²) in [6.45, 7) is 10.4. The maximum absolute atomic E-state index is 6.12. The van der Waals surface area contributed by atoms with Crippen molar-refractivity contribution in [1.29, 1.82) is 0 Å². The van der Waals surface area contributed by atoms with Crippen LogP contribution < -0.4 is 5.73 Å². The molecule has 0 spiro atoms. The molecule has 0 amide bonds. The third-order valence-electron chi connectivity index (χ3n) is 5.68. The monoisotopic (exact) mass is 487 g/mol. The fourth-order valence-electron chi connectivity index (χ4n) is 3.55. The van der Waals surface area contributed by atoms with Crippen LogP contribution in [-0.4, -0.2) is 24.5 Å². The molecule has 6 heteroatoms. The summed E-state index contributed by atoms with van der Waals surface area (Å²) in [7, 11) is -1.13. The van der Waals surface area contributed by atoms with Crippen LogP contribution in [0.5, 0.6) is 0 Å². The van der Waals surface area contributed by atoms with Gasteiger partial charge in [-0.2, -0.15) is 5.10 Å². The first-order valence-corrected chi connectivity index (χ1v) is 16.2. The van der Waals surface area contributed by atoms with E-state index in [1.165, 1.54) is 0 Å². The average Bonchev–Trinajstić information content (AvgIpc) is 3.15. The summed E-state index contributed by atoms with van der Waals surface area (Å²) in [5, 5.41) is 6.02. The molecule has 4 aromatic rings. The van der Waals surface area contributed by atoms with Gasteiger partial charge >= 0.3 is 0 Å². The molecule has 4 rings (SSSR count). The molecule has 34 heavy (non-hydrogen) atoms. The number of anilines is 1. The van der Waals surface area contributed by atoms with Gasteiger partial charge in [-0.1, -0.05) is 73.9 Å². The summed E-state index contributed by atoms with van der Waals surface area (Å²) < 4.78 is 8.04. The van der Waals surface area contributed by atoms with Crippen molar-refractivity contribution in [1.82, 2.24) is 9.78 Å². The van der Waals surface area contributed by atoms with Crippen molar-refractivity contribution in [3.8, 4) is 0 Å². The minimum absolute atomic E-state index is 0.450. The Kier molecular flexibility index (Phi) is 7.61. The first-order chi connectivity index (χ1) is 16.3. The lowest BCUT2D eigenvalue weighted by atomic mass is 10.1. The molecule has 176 valence electrons. The van der Waals surface area contributed by atoms with Gasteiger partial charge < -0.3 is 10.5 Å². The van der Waals surface area contributed by atoms with Crippen LogP contribution in [-0.2, 0) is 11.5 Å². The van der Waals surface area contributed by atoms with E-state index in [0.29, 0.717) is 6.73 Å². The van der Waals surface area contributed by atoms with Gasteiger partial charge in [0, 0.05) is 35.5 Å². The molecule has 0 atom stereocenters. The first kappa shape index (κ1) is 24.3. The molecule has 4 nitrogen and oxygen atoms in total. The van der Waals surface area contributed by atoms with Crippen LogP contribution in [0.4, 0.5) is 5.69 Å². The number of ether oxygens (including phenoxy) is 1. The van der Waals surface area contributed by atoms with E-state index in [1.54, 1.807) is 11.8 Å². The molecule has 0 unspecified atom stereocenters. The number of aryl methyl sites for hydroxylation is 1. The lowest BCUT2D eigenvalue weighted by Gasteiger charge is -2.15. The highest BCUT2D eigenvalue weighted by molar-refractivity contribution is 7.99. The van der Waals surface area contributed by atoms with Crippen molar-refractivity contribution in [2.45, 2.75) is 49.1 Å². The van der Waals surface area contributed by atoms with Crippen LogP contribution >= 0.6 is 11.8 Å². The van der Waals surface area contributed by atoms with Gasteiger partial charge in [-0.05, 0) is 60.5 Å². The maximum atomic E-state index is 6.12. The number of nitrogens with two attached hydrogens (primary N) is 1. The van der Waals surface area contributed by atoms with E-state index in [2.05, 4.69) is 74.3 Å². The number of fused-ring (bicyclic) bond motifs is 1. The Morgan fingerprint density at radius 1 is 0.971 bits per heavy atom. The summed E-state index contributed by atoms with van der Waals surface area (Å²) in [5.74, 6) is 0. The lowest BCUT2D eigenvalue weighted by Crippen LogP contribution is -2.22. The summed E-state index contributed by atoms with van der Waals surface area (Å²) >= 11 is 1.71. The molecule has 0 bridgehead atoms. The van der Waals surface area contributed by atoms with Crippen molar-refractivity contribution >= 4 is 48.6 Å². The number of hydrogen-bond acceptors (Lipinski definition) is 4. The maximum Gasteiger partial charge on any atom is 0.140 e. The lowest BCUT2D eigenvalue weighted by molar-refractivity contribution is 0.0816. The molecule has 0 fully saturated rings. The Bertz CT molecular complexity index is 1290. The van der Waals surface area contributed by atoms with Gasteiger partial charge in [-0.15, -0.1) is 0 Å². The normalized spacial score (nSPS) is 12.1. The molecule has 2 N–H and O–H groups in total. The number of rotatable bonds is 9. The van der Waals surface area contributed by atoms with Gasteiger partial charge in [0.15, 0.2) is 0 Å². The van der Waals surface area contributed by atoms with Gasteiger partial charge in [-0.3, -0.25) is 0 Å². The fourth-order valence-corrected chi connectivity index (χ4v) is 5.21. The Morgan fingerprint density at radius 2 is 1.71 bits per heavy atom. The molecule has 3 aromatic carbocycles. The molecular weight excluding hydrogens is 454 g/mol. The largest absolute Gasteiger partial charge is 0.398 e. The van der Waals surface area contributed by atoms with Gasteiger partial charge in [-0.25, -0.2) is 4.68 Å². The Hall–Kier alpha value is -2.80. The topological polar surface area (TPSA) is 53.1 Å². The molecule has 0 saturated heterocycles. The second kappa shape index (κ2) is 10.6. The van der Waals surface area contributed by atoms with Gasteiger partial charge in [0.1, 0.15) is 6.73 Å². The van der Waals surface area contributed by atoms with E-state index in [4.69, 9.17) is 15.6 Å². The zero-order valence-corrected chi connectivity index (χ0v) is 22.2. The Balaban J connectivity index is 1.62. The van der Waals surface area contributed by atoms with Crippen molar-refractivity contribution in [2.24, 2.45) is 0 Å². The van der Waals surface area contributed by atoms with Crippen molar-refractivity contribution in [3.05, 3.63) is 83.6 Å². The first-order valence-electron chi connectivity index (χ1n) is 11.6. The molecule has 0 aliphatic carbocycles. The average molecular weight is 488 g/mol. The van der Waals surface area contributed by atoms with E-state index < -0.39 is 8.07 Å². The van der Waals surface area contributed by atoms with Gasteiger partial charge in [0.2, 0.25) is 0 Å². The third kappa shape index (κ3) is 6.41. The highest BCUT2D eigenvalue weighted by atomic mass is 32.2. The van der Waals surface area contributed by atoms with Crippen LogP contribution in [0.15, 0.2) is 76.5 Å². The molecule has 0 aliphatic rings. The molecule has 1 aromatic heterocycles. The van der Waals surface area contributed by atoms with Crippen LogP contribution in [0, 0.1) is 6.92 Å². The molecule has 0 saturated carbocycles. The second-order valence-corrected chi connectivity index (χ2v) is 16.5. The summed E-state index contributed by atoms with van der Waals surface area (Å²) in [6, 6.07) is 24.2. The van der Waals surface area contributed by atoms with Crippen molar-refractivity contribution < 1.29 is 4.74 Å². The highest BCUT2D eigenvalue weighted by Crippen LogP contribution is 2.33. The number of nitrogen functional groups attached to an aromatic ring is 1. The smallest absolute Gasteiger partial charge is 0.140 e. The van der Waals surface area contributed by atoms with E-state index in [0.717, 1.165) is 55.9 Å². The summed E-state index contributed by atoms with van der Waals surface area (Å²) in [5.41, 5.74) is 11.2. The molecule has 0 radical (unpaired) electrons. The second-order valence-electron chi connectivity index (χ2n) is 9.78. The molecule has 1 heterocycles. The summed E-state index contributed by atoms with van der Waals surface area (Å²) in [4.78, 5) is 2.28. The predicted molar refractivity (Wildman–Crippen MR) is 149 cm³/mol. The van der Waals surface area contributed by atoms with Crippen LogP contribution in [0.3, 0.4) is 0 Å². The third-order valence-corrected chi connectivity index (χ3v) is 8.36. The molecular formula is C28H33N3OSSi.